The maximum atomic E-state index is 10.9. The Bertz CT molecular complexity index is 119. The highest BCUT2D eigenvalue weighted by Crippen LogP contribution is 2.11. The summed E-state index contributed by atoms with van der Waals surface area (Å²) in [7, 11) is 2.09. The highest BCUT2D eigenvalue weighted by Gasteiger charge is 2.16. The molecule has 2 heteroatoms. The average Bonchev–Trinajstić information content (AvgIpc) is 2.04. The smallest absolute Gasteiger partial charge is 0.134 e. The van der Waals surface area contributed by atoms with Crippen molar-refractivity contribution in [1.82, 2.24) is 4.90 Å². The van der Waals surface area contributed by atoms with Crippen LogP contribution in [0.1, 0.15) is 26.2 Å². The summed E-state index contributed by atoms with van der Waals surface area (Å²) in [6.07, 6.45) is 2.57. The van der Waals surface area contributed by atoms with Crippen molar-refractivity contribution in [3.05, 3.63) is 0 Å². The fourth-order valence-corrected chi connectivity index (χ4v) is 1.24. The molecule has 0 radical (unpaired) electrons. The number of Topliss-reactive ketones (excluding diaryl/α,β-unsaturated/α-hetero) is 1. The van der Waals surface area contributed by atoms with E-state index < -0.39 is 0 Å². The van der Waals surface area contributed by atoms with E-state index >= 15 is 0 Å². The molecule has 1 heterocycles. The second-order valence-electron chi connectivity index (χ2n) is 3.16. The SMILES string of the molecule is CC1CCC(=O)CCN1C. The highest BCUT2D eigenvalue weighted by molar-refractivity contribution is 5.78. The van der Waals surface area contributed by atoms with Gasteiger partial charge in [0.25, 0.3) is 0 Å². The van der Waals surface area contributed by atoms with Gasteiger partial charge in [-0.25, -0.2) is 0 Å². The lowest BCUT2D eigenvalue weighted by atomic mass is 10.1. The first-order valence-electron chi connectivity index (χ1n) is 3.92. The fraction of sp³-hybridized carbons (Fsp3) is 0.875. The molecule has 1 unspecified atom stereocenters. The van der Waals surface area contributed by atoms with E-state index in [0.717, 1.165) is 25.8 Å². The maximum Gasteiger partial charge on any atom is 0.134 e. The molecule has 1 atom stereocenters. The number of ketones is 1. The van der Waals surface area contributed by atoms with Crippen LogP contribution in [-0.4, -0.2) is 30.3 Å². The van der Waals surface area contributed by atoms with Crippen molar-refractivity contribution in [2.75, 3.05) is 13.6 Å². The summed E-state index contributed by atoms with van der Waals surface area (Å²) in [6.45, 7) is 3.12. The Kier molecular flexibility index (Phi) is 2.44. The van der Waals surface area contributed by atoms with Gasteiger partial charge in [-0.15, -0.1) is 0 Å². The molecule has 0 amide bonds. The molecule has 1 saturated heterocycles. The van der Waals surface area contributed by atoms with E-state index in [-0.39, 0.29) is 0 Å². The molecular formula is C8H15NO. The van der Waals surface area contributed by atoms with Crippen LogP contribution < -0.4 is 0 Å². The van der Waals surface area contributed by atoms with Crippen molar-refractivity contribution in [2.45, 2.75) is 32.2 Å². The van der Waals surface area contributed by atoms with Gasteiger partial charge in [0.2, 0.25) is 0 Å². The van der Waals surface area contributed by atoms with Crippen LogP contribution >= 0.6 is 0 Å². The van der Waals surface area contributed by atoms with Crippen molar-refractivity contribution in [2.24, 2.45) is 0 Å². The average molecular weight is 141 g/mol. The van der Waals surface area contributed by atoms with Gasteiger partial charge >= 0.3 is 0 Å². The highest BCUT2D eigenvalue weighted by atomic mass is 16.1. The van der Waals surface area contributed by atoms with E-state index in [4.69, 9.17) is 0 Å². The van der Waals surface area contributed by atoms with Gasteiger partial charge in [0, 0.05) is 25.4 Å². The lowest BCUT2D eigenvalue weighted by Crippen LogP contribution is -2.27. The van der Waals surface area contributed by atoms with Gasteiger partial charge in [0.1, 0.15) is 5.78 Å². The minimum atomic E-state index is 0.427. The van der Waals surface area contributed by atoms with Crippen LogP contribution in [-0.2, 0) is 4.79 Å². The Morgan fingerprint density at radius 2 is 2.20 bits per heavy atom. The zero-order valence-corrected chi connectivity index (χ0v) is 6.76. The number of carbonyl (C=O) groups excluding carboxylic acids is 1. The van der Waals surface area contributed by atoms with E-state index in [1.165, 1.54) is 0 Å². The van der Waals surface area contributed by atoms with Gasteiger partial charge in [-0.05, 0) is 20.4 Å². The molecular weight excluding hydrogens is 126 g/mol. The molecule has 0 bridgehead atoms. The lowest BCUT2D eigenvalue weighted by molar-refractivity contribution is -0.118. The van der Waals surface area contributed by atoms with Crippen molar-refractivity contribution in [3.63, 3.8) is 0 Å². The summed E-state index contributed by atoms with van der Waals surface area (Å²) in [5.74, 6) is 0.427. The third-order valence-corrected chi connectivity index (χ3v) is 2.34. The Hall–Kier alpha value is -0.370. The minimum absolute atomic E-state index is 0.427. The third-order valence-electron chi connectivity index (χ3n) is 2.34. The molecule has 10 heavy (non-hydrogen) atoms. The summed E-state index contributed by atoms with van der Waals surface area (Å²) < 4.78 is 0. The summed E-state index contributed by atoms with van der Waals surface area (Å²) >= 11 is 0. The first kappa shape index (κ1) is 7.73. The molecule has 0 saturated carbocycles. The maximum absolute atomic E-state index is 10.9. The zero-order valence-electron chi connectivity index (χ0n) is 6.76. The van der Waals surface area contributed by atoms with Crippen molar-refractivity contribution in [1.29, 1.82) is 0 Å². The van der Waals surface area contributed by atoms with Crippen molar-refractivity contribution < 1.29 is 4.79 Å². The molecule has 1 aliphatic heterocycles. The first-order valence-corrected chi connectivity index (χ1v) is 3.92. The monoisotopic (exact) mass is 141 g/mol. The van der Waals surface area contributed by atoms with E-state index in [2.05, 4.69) is 18.9 Å². The molecule has 0 aromatic rings. The molecule has 1 fully saturated rings. The van der Waals surface area contributed by atoms with E-state index in [1.54, 1.807) is 0 Å². The number of rotatable bonds is 0. The second-order valence-corrected chi connectivity index (χ2v) is 3.16. The summed E-state index contributed by atoms with van der Waals surface area (Å²) in [5.41, 5.74) is 0. The molecule has 0 aliphatic carbocycles. The molecule has 0 aromatic heterocycles. The van der Waals surface area contributed by atoms with Gasteiger partial charge in [0.15, 0.2) is 0 Å². The number of hydrogen-bond acceptors (Lipinski definition) is 2. The van der Waals surface area contributed by atoms with Gasteiger partial charge in [-0.1, -0.05) is 0 Å². The number of likely N-dealkylation sites (tertiary alicyclic amines) is 1. The fourth-order valence-electron chi connectivity index (χ4n) is 1.24. The Balaban J connectivity index is 2.46. The van der Waals surface area contributed by atoms with Crippen molar-refractivity contribution in [3.8, 4) is 0 Å². The summed E-state index contributed by atoms with van der Waals surface area (Å²) in [4.78, 5) is 13.2. The Labute approximate surface area is 62.2 Å². The number of nitrogens with zero attached hydrogens (tertiary/aromatic N) is 1. The van der Waals surface area contributed by atoms with Gasteiger partial charge in [-0.2, -0.15) is 0 Å². The van der Waals surface area contributed by atoms with E-state index in [1.807, 2.05) is 0 Å². The van der Waals surface area contributed by atoms with Crippen LogP contribution in [0.4, 0.5) is 0 Å². The minimum Gasteiger partial charge on any atom is -0.303 e. The molecule has 0 N–H and O–H groups in total. The topological polar surface area (TPSA) is 20.3 Å². The van der Waals surface area contributed by atoms with Crippen LogP contribution in [0.15, 0.2) is 0 Å². The largest absolute Gasteiger partial charge is 0.303 e. The zero-order chi connectivity index (χ0) is 7.56. The predicted octanol–water partition coefficient (Wildman–Crippen LogP) is 1.06. The Morgan fingerprint density at radius 1 is 1.50 bits per heavy atom. The van der Waals surface area contributed by atoms with Gasteiger partial charge in [-0.3, -0.25) is 4.79 Å². The van der Waals surface area contributed by atoms with E-state index in [0.29, 0.717) is 11.8 Å². The normalized spacial score (nSPS) is 30.2. The second kappa shape index (κ2) is 3.15. The molecule has 1 aliphatic rings. The molecule has 58 valence electrons. The summed E-state index contributed by atoms with van der Waals surface area (Å²) in [5, 5.41) is 0. The van der Waals surface area contributed by atoms with Gasteiger partial charge in [0.05, 0.1) is 0 Å². The van der Waals surface area contributed by atoms with E-state index in [9.17, 15) is 4.79 Å². The van der Waals surface area contributed by atoms with Crippen LogP contribution in [0, 0.1) is 0 Å². The molecule has 1 rings (SSSR count). The predicted molar refractivity (Wildman–Crippen MR) is 41.0 cm³/mol. The van der Waals surface area contributed by atoms with Crippen molar-refractivity contribution >= 4 is 5.78 Å². The number of hydrogen-bond donors (Lipinski definition) is 0. The summed E-state index contributed by atoms with van der Waals surface area (Å²) in [6, 6.07) is 0.589. The van der Waals surface area contributed by atoms with Crippen LogP contribution in [0.2, 0.25) is 0 Å². The standard InChI is InChI=1S/C8H15NO/c1-7-3-4-8(10)5-6-9(7)2/h7H,3-6H2,1-2H3. The lowest BCUT2D eigenvalue weighted by Gasteiger charge is -2.20. The van der Waals surface area contributed by atoms with Crippen LogP contribution in [0.5, 0.6) is 0 Å². The van der Waals surface area contributed by atoms with Crippen LogP contribution in [0.3, 0.4) is 0 Å². The first-order chi connectivity index (χ1) is 4.70. The number of carbonyl (C=O) groups is 1. The van der Waals surface area contributed by atoms with Crippen LogP contribution in [0.25, 0.3) is 0 Å². The molecule has 0 aromatic carbocycles. The molecule has 0 spiro atoms. The Morgan fingerprint density at radius 3 is 2.90 bits per heavy atom. The van der Waals surface area contributed by atoms with Gasteiger partial charge < -0.3 is 4.90 Å². The molecule has 2 nitrogen and oxygen atoms in total. The third kappa shape index (κ3) is 1.81. The quantitative estimate of drug-likeness (QED) is 0.502.